The first kappa shape index (κ1) is 25.7. The quantitative estimate of drug-likeness (QED) is 0.197. The Morgan fingerprint density at radius 3 is 1.11 bits per heavy atom. The summed E-state index contributed by atoms with van der Waals surface area (Å²) in [4.78, 5) is 48.6. The van der Waals surface area contributed by atoms with Gasteiger partial charge in [0.05, 0.1) is 24.7 Å². The highest BCUT2D eigenvalue weighted by molar-refractivity contribution is 5.88. The van der Waals surface area contributed by atoms with Crippen LogP contribution in [0.2, 0.25) is 0 Å². The molecule has 0 aromatic carbocycles. The van der Waals surface area contributed by atoms with E-state index in [2.05, 4.69) is 18.9 Å². The Morgan fingerprint density at radius 2 is 0.821 bits per heavy atom. The van der Waals surface area contributed by atoms with E-state index in [1.165, 1.54) is 28.4 Å². The lowest BCUT2D eigenvalue weighted by Crippen LogP contribution is -2.37. The summed E-state index contributed by atoms with van der Waals surface area (Å²) in [5, 5.41) is 0. The monoisotopic (exact) mass is 410 g/mol. The Bertz CT molecular complexity index is 448. The van der Waals surface area contributed by atoms with Crippen molar-refractivity contribution in [2.75, 3.05) is 55.6 Å². The number of ether oxygens (including phenoxy) is 8. The lowest BCUT2D eigenvalue weighted by molar-refractivity contribution is -0.178. The van der Waals surface area contributed by atoms with E-state index >= 15 is 0 Å². The van der Waals surface area contributed by atoms with Gasteiger partial charge in [0.25, 0.3) is 0 Å². The molecule has 0 N–H and O–H groups in total. The first-order valence-electron chi connectivity index (χ1n) is 8.01. The van der Waals surface area contributed by atoms with Crippen molar-refractivity contribution in [2.24, 2.45) is 11.8 Å². The van der Waals surface area contributed by atoms with Crippen LogP contribution < -0.4 is 0 Å². The van der Waals surface area contributed by atoms with Gasteiger partial charge < -0.3 is 37.9 Å². The zero-order valence-electron chi connectivity index (χ0n) is 16.3. The number of hydrogen-bond acceptors (Lipinski definition) is 12. The molecule has 0 rings (SSSR count). The minimum absolute atomic E-state index is 0.354. The number of hydrogen-bond donors (Lipinski definition) is 0. The fraction of sp³-hybridized carbons (Fsp3) is 0.750. The predicted octanol–water partition coefficient (Wildman–Crippen LogP) is -0.413. The fourth-order valence-corrected chi connectivity index (χ4v) is 1.95. The van der Waals surface area contributed by atoms with Crippen LogP contribution in [0.15, 0.2) is 0 Å². The van der Waals surface area contributed by atoms with E-state index in [-0.39, 0.29) is 13.6 Å². The number of rotatable bonds is 15. The number of methoxy groups -OCH3 is 4. The van der Waals surface area contributed by atoms with E-state index in [1.54, 1.807) is 0 Å². The second kappa shape index (κ2) is 15.7. The molecule has 2 unspecified atom stereocenters. The van der Waals surface area contributed by atoms with Gasteiger partial charge in [0.1, 0.15) is 0 Å². The van der Waals surface area contributed by atoms with Gasteiger partial charge in [-0.25, -0.2) is 0 Å². The van der Waals surface area contributed by atoms with Gasteiger partial charge in [-0.05, 0) is 0 Å². The van der Waals surface area contributed by atoms with Crippen LogP contribution in [-0.4, -0.2) is 79.5 Å². The van der Waals surface area contributed by atoms with Crippen LogP contribution in [0.1, 0.15) is 12.8 Å². The highest BCUT2D eigenvalue weighted by atomic mass is 16.7. The maximum Gasteiger partial charge on any atom is 0.312 e. The first-order valence-corrected chi connectivity index (χ1v) is 8.01. The Balaban J connectivity index is 5.48. The molecule has 0 saturated carbocycles. The molecule has 0 aliphatic rings. The average molecular weight is 410 g/mol. The molecule has 162 valence electrons. The molecule has 0 bridgehead atoms. The van der Waals surface area contributed by atoms with Crippen molar-refractivity contribution < 1.29 is 57.1 Å². The number of esters is 4. The lowest BCUT2D eigenvalue weighted by atomic mass is 9.86. The minimum Gasteiger partial charge on any atom is -0.438 e. The second-order valence-corrected chi connectivity index (χ2v) is 5.21. The number of carbonyl (C=O) groups excluding carboxylic acids is 4. The lowest BCUT2D eigenvalue weighted by Gasteiger charge is -2.23. The van der Waals surface area contributed by atoms with Crippen molar-refractivity contribution in [3.8, 4) is 0 Å². The van der Waals surface area contributed by atoms with E-state index < -0.39 is 62.1 Å². The normalized spacial score (nSPS) is 12.6. The molecule has 0 radical (unpaired) electrons. The zero-order chi connectivity index (χ0) is 21.4. The molecule has 0 spiro atoms. The molecule has 0 heterocycles. The molecular formula is C16H26O12. The van der Waals surface area contributed by atoms with Crippen molar-refractivity contribution in [1.29, 1.82) is 0 Å². The molecular weight excluding hydrogens is 384 g/mol. The van der Waals surface area contributed by atoms with Crippen LogP contribution in [-0.2, 0) is 57.1 Å². The average Bonchev–Trinajstić information content (AvgIpc) is 2.69. The van der Waals surface area contributed by atoms with Gasteiger partial charge in [0, 0.05) is 28.4 Å². The molecule has 0 amide bonds. The van der Waals surface area contributed by atoms with Gasteiger partial charge >= 0.3 is 23.9 Å². The third-order valence-corrected chi connectivity index (χ3v) is 3.18. The van der Waals surface area contributed by atoms with Crippen molar-refractivity contribution in [1.82, 2.24) is 0 Å². The van der Waals surface area contributed by atoms with E-state index in [1.807, 2.05) is 0 Å². The summed E-state index contributed by atoms with van der Waals surface area (Å²) in [6.07, 6.45) is -1.15. The van der Waals surface area contributed by atoms with Crippen LogP contribution in [0.25, 0.3) is 0 Å². The SMILES string of the molecule is COCOC(=O)CC(C(=O)OCOC)C(CC(=O)OCOC)C(=O)OCOC. The van der Waals surface area contributed by atoms with Crippen LogP contribution in [0.4, 0.5) is 0 Å². The van der Waals surface area contributed by atoms with E-state index in [9.17, 15) is 19.2 Å². The van der Waals surface area contributed by atoms with Crippen molar-refractivity contribution in [3.63, 3.8) is 0 Å². The molecule has 0 aliphatic carbocycles. The summed E-state index contributed by atoms with van der Waals surface area (Å²) in [5.41, 5.74) is 0. The summed E-state index contributed by atoms with van der Waals surface area (Å²) in [7, 11) is 5.16. The molecule has 12 nitrogen and oxygen atoms in total. The van der Waals surface area contributed by atoms with Crippen LogP contribution in [0.3, 0.4) is 0 Å². The summed E-state index contributed by atoms with van der Waals surface area (Å²) in [6, 6.07) is 0. The molecule has 0 saturated heterocycles. The van der Waals surface area contributed by atoms with Gasteiger partial charge in [-0.1, -0.05) is 0 Å². The number of carbonyl (C=O) groups is 4. The minimum atomic E-state index is -1.40. The maximum atomic E-state index is 12.4. The summed E-state index contributed by atoms with van der Waals surface area (Å²) < 4.78 is 37.7. The molecule has 0 aromatic rings. The summed E-state index contributed by atoms with van der Waals surface area (Å²) >= 11 is 0. The Hall–Kier alpha value is -2.28. The van der Waals surface area contributed by atoms with Crippen molar-refractivity contribution in [2.45, 2.75) is 12.8 Å². The smallest absolute Gasteiger partial charge is 0.312 e. The van der Waals surface area contributed by atoms with Gasteiger partial charge in [-0.15, -0.1) is 0 Å². The van der Waals surface area contributed by atoms with Crippen LogP contribution >= 0.6 is 0 Å². The Morgan fingerprint density at radius 1 is 0.536 bits per heavy atom. The topological polar surface area (TPSA) is 142 Å². The van der Waals surface area contributed by atoms with Gasteiger partial charge in [0.2, 0.25) is 0 Å². The third-order valence-electron chi connectivity index (χ3n) is 3.18. The first-order chi connectivity index (χ1) is 13.4. The summed E-state index contributed by atoms with van der Waals surface area (Å²) in [5.74, 6) is -6.44. The standard InChI is InChI=1S/C16H26O12/c1-21-7-25-13(17)5-11(15(19)27-9-23-3)12(16(20)28-10-24-4)6-14(18)26-8-22-2/h11-12H,5-10H2,1-4H3. The zero-order valence-corrected chi connectivity index (χ0v) is 16.3. The van der Waals surface area contributed by atoms with E-state index in [0.717, 1.165) is 0 Å². The van der Waals surface area contributed by atoms with Gasteiger partial charge in [-0.2, -0.15) is 0 Å². The van der Waals surface area contributed by atoms with Crippen molar-refractivity contribution in [3.05, 3.63) is 0 Å². The van der Waals surface area contributed by atoms with Crippen LogP contribution in [0, 0.1) is 11.8 Å². The molecule has 0 aromatic heterocycles. The highest BCUT2D eigenvalue weighted by Crippen LogP contribution is 2.25. The Kier molecular flexibility index (Phi) is 14.5. The highest BCUT2D eigenvalue weighted by Gasteiger charge is 2.40. The van der Waals surface area contributed by atoms with Gasteiger partial charge in [0.15, 0.2) is 27.2 Å². The fourth-order valence-electron chi connectivity index (χ4n) is 1.95. The summed E-state index contributed by atoms with van der Waals surface area (Å²) in [6.45, 7) is -1.55. The molecule has 12 heteroatoms. The van der Waals surface area contributed by atoms with Gasteiger partial charge in [-0.3, -0.25) is 19.2 Å². The molecule has 2 atom stereocenters. The predicted molar refractivity (Wildman–Crippen MR) is 88.1 cm³/mol. The van der Waals surface area contributed by atoms with Crippen LogP contribution in [0.5, 0.6) is 0 Å². The Labute approximate surface area is 162 Å². The largest absolute Gasteiger partial charge is 0.438 e. The van der Waals surface area contributed by atoms with E-state index in [4.69, 9.17) is 18.9 Å². The van der Waals surface area contributed by atoms with Crippen molar-refractivity contribution >= 4 is 23.9 Å². The molecule has 0 aliphatic heterocycles. The second-order valence-electron chi connectivity index (χ2n) is 5.21. The third kappa shape index (κ3) is 10.8. The maximum absolute atomic E-state index is 12.4. The molecule has 0 fully saturated rings. The molecule has 28 heavy (non-hydrogen) atoms. The van der Waals surface area contributed by atoms with E-state index in [0.29, 0.717) is 0 Å².